The summed E-state index contributed by atoms with van der Waals surface area (Å²) in [5, 5.41) is 0. The van der Waals surface area contributed by atoms with Crippen LogP contribution < -0.4 is 5.73 Å². The summed E-state index contributed by atoms with van der Waals surface area (Å²) in [4.78, 5) is 2.40. The average molecular weight is 309 g/mol. The third kappa shape index (κ3) is 2.85. The Morgan fingerprint density at radius 2 is 2.22 bits per heavy atom. The lowest BCUT2D eigenvalue weighted by Gasteiger charge is -2.20. The van der Waals surface area contributed by atoms with E-state index in [1.807, 2.05) is 6.92 Å². The SMILES string of the molecule is C=C(C)c1cc(Br)cc(C2CC(CN)CN2C)c1. The van der Waals surface area contributed by atoms with Gasteiger partial charge in [-0.05, 0) is 62.2 Å². The van der Waals surface area contributed by atoms with Gasteiger partial charge in [-0.3, -0.25) is 4.90 Å². The molecule has 0 amide bonds. The smallest absolute Gasteiger partial charge is 0.0349 e. The summed E-state index contributed by atoms with van der Waals surface area (Å²) < 4.78 is 1.13. The average Bonchev–Trinajstić information content (AvgIpc) is 2.69. The van der Waals surface area contributed by atoms with Gasteiger partial charge in [0, 0.05) is 17.1 Å². The number of halogens is 1. The highest BCUT2D eigenvalue weighted by Crippen LogP contribution is 2.35. The van der Waals surface area contributed by atoms with E-state index in [2.05, 4.69) is 52.7 Å². The van der Waals surface area contributed by atoms with Gasteiger partial charge in [-0.2, -0.15) is 0 Å². The molecule has 2 atom stereocenters. The van der Waals surface area contributed by atoms with Gasteiger partial charge in [-0.1, -0.05) is 28.1 Å². The van der Waals surface area contributed by atoms with Gasteiger partial charge in [0.05, 0.1) is 0 Å². The van der Waals surface area contributed by atoms with Crippen molar-refractivity contribution in [2.24, 2.45) is 11.7 Å². The fraction of sp³-hybridized carbons (Fsp3) is 0.467. The summed E-state index contributed by atoms with van der Waals surface area (Å²) in [6.45, 7) is 7.95. The molecule has 1 aliphatic rings. The molecule has 1 heterocycles. The number of hydrogen-bond acceptors (Lipinski definition) is 2. The number of nitrogens with two attached hydrogens (primary N) is 1. The van der Waals surface area contributed by atoms with Crippen LogP contribution in [0.3, 0.4) is 0 Å². The molecule has 1 aromatic carbocycles. The van der Waals surface area contributed by atoms with Gasteiger partial charge in [0.2, 0.25) is 0 Å². The second kappa shape index (κ2) is 5.55. The van der Waals surface area contributed by atoms with Crippen LogP contribution in [0, 0.1) is 5.92 Å². The van der Waals surface area contributed by atoms with Gasteiger partial charge >= 0.3 is 0 Å². The minimum absolute atomic E-state index is 0.481. The molecule has 2 nitrogen and oxygen atoms in total. The summed E-state index contributed by atoms with van der Waals surface area (Å²) in [6.07, 6.45) is 1.15. The van der Waals surface area contributed by atoms with Gasteiger partial charge in [0.15, 0.2) is 0 Å². The zero-order chi connectivity index (χ0) is 13.3. The van der Waals surface area contributed by atoms with Crippen LogP contribution in [0.5, 0.6) is 0 Å². The molecule has 18 heavy (non-hydrogen) atoms. The first-order valence-corrected chi connectivity index (χ1v) is 7.17. The molecule has 2 unspecified atom stereocenters. The molecule has 2 rings (SSSR count). The predicted molar refractivity (Wildman–Crippen MR) is 81.4 cm³/mol. The van der Waals surface area contributed by atoms with E-state index < -0.39 is 0 Å². The van der Waals surface area contributed by atoms with E-state index in [1.165, 1.54) is 11.1 Å². The van der Waals surface area contributed by atoms with E-state index in [1.54, 1.807) is 0 Å². The molecule has 0 aliphatic carbocycles. The highest BCUT2D eigenvalue weighted by atomic mass is 79.9. The Balaban J connectivity index is 2.30. The highest BCUT2D eigenvalue weighted by molar-refractivity contribution is 9.10. The van der Waals surface area contributed by atoms with Gasteiger partial charge in [-0.15, -0.1) is 0 Å². The van der Waals surface area contributed by atoms with Crippen molar-refractivity contribution >= 4 is 21.5 Å². The molecular weight excluding hydrogens is 288 g/mol. The van der Waals surface area contributed by atoms with Crippen molar-refractivity contribution in [3.05, 3.63) is 40.4 Å². The van der Waals surface area contributed by atoms with Crippen molar-refractivity contribution in [1.82, 2.24) is 4.90 Å². The first-order valence-electron chi connectivity index (χ1n) is 6.38. The fourth-order valence-electron chi connectivity index (χ4n) is 2.72. The third-order valence-corrected chi connectivity index (χ3v) is 4.22. The standard InChI is InChI=1S/C15H21BrN2/c1-10(2)12-5-13(7-14(16)6-12)15-4-11(8-17)9-18(15)3/h5-7,11,15H,1,4,8-9,17H2,2-3H3. The first kappa shape index (κ1) is 13.8. The molecule has 1 aromatic rings. The van der Waals surface area contributed by atoms with Crippen LogP contribution in [0.2, 0.25) is 0 Å². The zero-order valence-corrected chi connectivity index (χ0v) is 12.7. The molecule has 0 radical (unpaired) electrons. The third-order valence-electron chi connectivity index (χ3n) is 3.77. The van der Waals surface area contributed by atoms with Crippen molar-refractivity contribution in [3.8, 4) is 0 Å². The number of nitrogens with zero attached hydrogens (tertiary/aromatic N) is 1. The van der Waals surface area contributed by atoms with E-state index in [4.69, 9.17) is 5.73 Å². The van der Waals surface area contributed by atoms with E-state index in [-0.39, 0.29) is 0 Å². The van der Waals surface area contributed by atoms with Crippen LogP contribution in [0.4, 0.5) is 0 Å². The number of likely N-dealkylation sites (tertiary alicyclic amines) is 1. The fourth-order valence-corrected chi connectivity index (χ4v) is 3.23. The summed E-state index contributed by atoms with van der Waals surface area (Å²) in [5.74, 6) is 0.618. The minimum Gasteiger partial charge on any atom is -0.330 e. The van der Waals surface area contributed by atoms with Crippen LogP contribution >= 0.6 is 15.9 Å². The van der Waals surface area contributed by atoms with E-state index in [9.17, 15) is 0 Å². The molecule has 3 heteroatoms. The first-order chi connectivity index (χ1) is 8.51. The second-order valence-electron chi connectivity index (χ2n) is 5.35. The number of rotatable bonds is 3. The molecule has 0 aromatic heterocycles. The molecule has 0 spiro atoms. The Bertz CT molecular complexity index is 456. The number of hydrogen-bond donors (Lipinski definition) is 1. The van der Waals surface area contributed by atoms with Crippen LogP contribution in [0.15, 0.2) is 29.3 Å². The zero-order valence-electron chi connectivity index (χ0n) is 11.1. The van der Waals surface area contributed by atoms with Crippen LogP contribution in [0.25, 0.3) is 5.57 Å². The van der Waals surface area contributed by atoms with Crippen molar-refractivity contribution in [2.45, 2.75) is 19.4 Å². The Labute approximate surface area is 118 Å². The van der Waals surface area contributed by atoms with Crippen LogP contribution in [-0.2, 0) is 0 Å². The van der Waals surface area contributed by atoms with Gasteiger partial charge in [0.1, 0.15) is 0 Å². The van der Waals surface area contributed by atoms with E-state index in [0.29, 0.717) is 12.0 Å². The Morgan fingerprint density at radius 3 is 2.78 bits per heavy atom. The van der Waals surface area contributed by atoms with Gasteiger partial charge < -0.3 is 5.73 Å². The molecule has 1 fully saturated rings. The Kier molecular flexibility index (Phi) is 4.25. The van der Waals surface area contributed by atoms with E-state index in [0.717, 1.165) is 29.6 Å². The minimum atomic E-state index is 0.481. The topological polar surface area (TPSA) is 29.3 Å². The van der Waals surface area contributed by atoms with Crippen LogP contribution in [0.1, 0.15) is 30.5 Å². The van der Waals surface area contributed by atoms with Gasteiger partial charge in [-0.25, -0.2) is 0 Å². The summed E-state index contributed by atoms with van der Waals surface area (Å²) >= 11 is 3.60. The maximum absolute atomic E-state index is 5.79. The largest absolute Gasteiger partial charge is 0.330 e. The molecule has 1 saturated heterocycles. The van der Waals surface area contributed by atoms with Gasteiger partial charge in [0.25, 0.3) is 0 Å². The molecule has 98 valence electrons. The lowest BCUT2D eigenvalue weighted by Crippen LogP contribution is -2.20. The Morgan fingerprint density at radius 1 is 1.50 bits per heavy atom. The Hall–Kier alpha value is -0.640. The van der Waals surface area contributed by atoms with Crippen molar-refractivity contribution in [2.75, 3.05) is 20.1 Å². The number of benzene rings is 1. The normalized spacial score (nSPS) is 24.4. The molecule has 2 N–H and O–H groups in total. The molecule has 0 bridgehead atoms. The monoisotopic (exact) mass is 308 g/mol. The molecule has 1 aliphatic heterocycles. The second-order valence-corrected chi connectivity index (χ2v) is 6.26. The van der Waals surface area contributed by atoms with Crippen molar-refractivity contribution < 1.29 is 0 Å². The summed E-state index contributed by atoms with van der Waals surface area (Å²) in [6, 6.07) is 7.08. The van der Waals surface area contributed by atoms with Crippen LogP contribution in [-0.4, -0.2) is 25.0 Å². The quantitative estimate of drug-likeness (QED) is 0.927. The maximum atomic E-state index is 5.79. The number of allylic oxidation sites excluding steroid dienone is 1. The summed E-state index contributed by atoms with van der Waals surface area (Å²) in [5.41, 5.74) is 9.47. The lowest BCUT2D eigenvalue weighted by atomic mass is 9.97. The molecular formula is C15H21BrN2. The predicted octanol–water partition coefficient (Wildman–Crippen LogP) is 3.43. The highest BCUT2D eigenvalue weighted by Gasteiger charge is 2.29. The van der Waals surface area contributed by atoms with E-state index >= 15 is 0 Å². The molecule has 0 saturated carbocycles. The lowest BCUT2D eigenvalue weighted by molar-refractivity contribution is 0.313. The van der Waals surface area contributed by atoms with Crippen molar-refractivity contribution in [1.29, 1.82) is 0 Å². The van der Waals surface area contributed by atoms with Crippen molar-refractivity contribution in [3.63, 3.8) is 0 Å². The summed E-state index contributed by atoms with van der Waals surface area (Å²) in [7, 11) is 2.18. The maximum Gasteiger partial charge on any atom is 0.0349 e.